The molecule has 0 spiro atoms. The summed E-state index contributed by atoms with van der Waals surface area (Å²) in [5, 5.41) is 10.0. The van der Waals surface area contributed by atoms with E-state index in [2.05, 4.69) is 0 Å². The lowest BCUT2D eigenvalue weighted by molar-refractivity contribution is -0.137. The standard InChI is InChI=1S/C18H23ClN2O4/c1-20(18(23)24)16-11-21(17(22)13-6-8-25-9-7-13)10-15(16)12-2-4-14(19)5-3-12/h2-5,13,15-16H,6-11H2,1H3,(H,23,24)/t15-,16+/m0/s1. The molecule has 0 bridgehead atoms. The topological polar surface area (TPSA) is 70.1 Å². The predicted molar refractivity (Wildman–Crippen MR) is 93.9 cm³/mol. The molecule has 0 aromatic heterocycles. The van der Waals surface area contributed by atoms with E-state index in [0.29, 0.717) is 31.3 Å². The van der Waals surface area contributed by atoms with Crippen molar-refractivity contribution in [2.45, 2.75) is 24.8 Å². The van der Waals surface area contributed by atoms with Crippen molar-refractivity contribution in [3.63, 3.8) is 0 Å². The smallest absolute Gasteiger partial charge is 0.407 e. The maximum atomic E-state index is 12.9. The van der Waals surface area contributed by atoms with Crippen LogP contribution in [0.4, 0.5) is 4.79 Å². The Bertz CT molecular complexity index is 630. The van der Waals surface area contributed by atoms with Crippen LogP contribution in [0.5, 0.6) is 0 Å². The molecular weight excluding hydrogens is 344 g/mol. The van der Waals surface area contributed by atoms with Gasteiger partial charge in [-0.1, -0.05) is 23.7 Å². The Balaban J connectivity index is 1.80. The zero-order valence-corrected chi connectivity index (χ0v) is 15.0. The van der Waals surface area contributed by atoms with Gasteiger partial charge in [0.1, 0.15) is 0 Å². The van der Waals surface area contributed by atoms with Crippen molar-refractivity contribution in [3.8, 4) is 0 Å². The molecule has 1 N–H and O–H groups in total. The quantitative estimate of drug-likeness (QED) is 0.892. The monoisotopic (exact) mass is 366 g/mol. The van der Waals surface area contributed by atoms with Crippen molar-refractivity contribution >= 4 is 23.6 Å². The average Bonchev–Trinajstić information content (AvgIpc) is 3.07. The minimum absolute atomic E-state index is 0.0199. The minimum Gasteiger partial charge on any atom is -0.465 e. The van der Waals surface area contributed by atoms with E-state index in [0.717, 1.165) is 18.4 Å². The molecule has 2 aliphatic rings. The number of likely N-dealkylation sites (N-methyl/N-ethyl adjacent to an activating group) is 1. The van der Waals surface area contributed by atoms with Gasteiger partial charge in [-0.3, -0.25) is 4.79 Å². The molecule has 1 aromatic rings. The number of hydrogen-bond acceptors (Lipinski definition) is 3. The van der Waals surface area contributed by atoms with E-state index < -0.39 is 6.09 Å². The Labute approximate surface area is 152 Å². The number of hydrogen-bond donors (Lipinski definition) is 1. The molecule has 3 rings (SSSR count). The van der Waals surface area contributed by atoms with Crippen LogP contribution < -0.4 is 0 Å². The lowest BCUT2D eigenvalue weighted by Crippen LogP contribution is -2.42. The first-order valence-corrected chi connectivity index (χ1v) is 8.93. The zero-order valence-electron chi connectivity index (χ0n) is 14.2. The molecule has 1 aromatic carbocycles. The van der Waals surface area contributed by atoms with Gasteiger partial charge in [0.25, 0.3) is 0 Å². The van der Waals surface area contributed by atoms with Crippen molar-refractivity contribution in [2.75, 3.05) is 33.4 Å². The SMILES string of the molecule is CN(C(=O)O)[C@@H]1CN(C(=O)C2CCOCC2)C[C@H]1c1ccc(Cl)cc1. The largest absolute Gasteiger partial charge is 0.465 e. The molecule has 136 valence electrons. The number of benzene rings is 1. The van der Waals surface area contributed by atoms with Crippen LogP contribution in [0.2, 0.25) is 5.02 Å². The van der Waals surface area contributed by atoms with Crippen LogP contribution in [0.3, 0.4) is 0 Å². The van der Waals surface area contributed by atoms with E-state index in [9.17, 15) is 14.7 Å². The van der Waals surface area contributed by atoms with Crippen molar-refractivity contribution in [3.05, 3.63) is 34.9 Å². The van der Waals surface area contributed by atoms with Crippen LogP contribution in [-0.2, 0) is 9.53 Å². The summed E-state index contributed by atoms with van der Waals surface area (Å²) in [5.74, 6) is 0.0409. The molecule has 2 amide bonds. The fourth-order valence-corrected chi connectivity index (χ4v) is 3.87. The van der Waals surface area contributed by atoms with Gasteiger partial charge in [-0.25, -0.2) is 4.79 Å². The predicted octanol–water partition coefficient (Wildman–Crippen LogP) is 2.67. The molecule has 0 radical (unpaired) electrons. The van der Waals surface area contributed by atoms with Crippen LogP contribution in [0.25, 0.3) is 0 Å². The number of carbonyl (C=O) groups excluding carboxylic acids is 1. The molecule has 0 aliphatic carbocycles. The van der Waals surface area contributed by atoms with Crippen LogP contribution in [-0.4, -0.2) is 66.3 Å². The maximum Gasteiger partial charge on any atom is 0.407 e. The van der Waals surface area contributed by atoms with Gasteiger partial charge in [0.2, 0.25) is 5.91 Å². The number of likely N-dealkylation sites (tertiary alicyclic amines) is 1. The van der Waals surface area contributed by atoms with Gasteiger partial charge in [-0.05, 0) is 30.5 Å². The number of ether oxygens (including phenoxy) is 1. The Morgan fingerprint density at radius 2 is 1.84 bits per heavy atom. The molecule has 0 unspecified atom stereocenters. The third-order valence-electron chi connectivity index (χ3n) is 5.27. The molecule has 2 heterocycles. The van der Waals surface area contributed by atoms with E-state index in [4.69, 9.17) is 16.3 Å². The number of carbonyl (C=O) groups is 2. The lowest BCUT2D eigenvalue weighted by atomic mass is 9.93. The van der Waals surface area contributed by atoms with Gasteiger partial charge < -0.3 is 19.6 Å². The molecule has 0 saturated carbocycles. The number of halogens is 1. The van der Waals surface area contributed by atoms with Crippen molar-refractivity contribution in [1.82, 2.24) is 9.80 Å². The summed E-state index contributed by atoms with van der Waals surface area (Å²) in [6, 6.07) is 7.17. The molecule has 2 atom stereocenters. The summed E-state index contributed by atoms with van der Waals surface area (Å²) >= 11 is 5.97. The Morgan fingerprint density at radius 3 is 2.44 bits per heavy atom. The van der Waals surface area contributed by atoms with Gasteiger partial charge in [-0.2, -0.15) is 0 Å². The summed E-state index contributed by atoms with van der Waals surface area (Å²) in [4.78, 5) is 27.5. The van der Waals surface area contributed by atoms with Gasteiger partial charge in [0, 0.05) is 50.2 Å². The van der Waals surface area contributed by atoms with Gasteiger partial charge in [0.15, 0.2) is 0 Å². The first-order valence-electron chi connectivity index (χ1n) is 8.55. The minimum atomic E-state index is -0.982. The summed E-state index contributed by atoms with van der Waals surface area (Å²) in [6.45, 7) is 2.18. The third-order valence-corrected chi connectivity index (χ3v) is 5.52. The molecule has 2 fully saturated rings. The number of nitrogens with zero attached hydrogens (tertiary/aromatic N) is 2. The molecule has 2 saturated heterocycles. The van der Waals surface area contributed by atoms with E-state index in [1.165, 1.54) is 4.90 Å². The number of amides is 2. The number of carboxylic acid groups (broad SMARTS) is 1. The van der Waals surface area contributed by atoms with E-state index in [1.54, 1.807) is 19.2 Å². The van der Waals surface area contributed by atoms with Crippen molar-refractivity contribution < 1.29 is 19.4 Å². The van der Waals surface area contributed by atoms with Crippen LogP contribution in [0.1, 0.15) is 24.3 Å². The molecule has 7 heteroatoms. The highest BCUT2D eigenvalue weighted by Crippen LogP contribution is 2.33. The second-order valence-electron chi connectivity index (χ2n) is 6.75. The van der Waals surface area contributed by atoms with Crippen molar-refractivity contribution in [1.29, 1.82) is 0 Å². The fourth-order valence-electron chi connectivity index (χ4n) is 3.74. The zero-order chi connectivity index (χ0) is 18.0. The normalized spacial score (nSPS) is 24.3. The number of rotatable bonds is 3. The molecule has 25 heavy (non-hydrogen) atoms. The summed E-state index contributed by atoms with van der Waals surface area (Å²) < 4.78 is 5.34. The Morgan fingerprint density at radius 1 is 1.20 bits per heavy atom. The van der Waals surface area contributed by atoms with Crippen LogP contribution >= 0.6 is 11.6 Å². The lowest BCUT2D eigenvalue weighted by Gasteiger charge is -2.27. The van der Waals surface area contributed by atoms with E-state index in [-0.39, 0.29) is 23.8 Å². The van der Waals surface area contributed by atoms with Gasteiger partial charge in [0.05, 0.1) is 6.04 Å². The van der Waals surface area contributed by atoms with E-state index in [1.807, 2.05) is 17.0 Å². The first kappa shape index (κ1) is 18.0. The summed E-state index contributed by atoms with van der Waals surface area (Å²) in [5.41, 5.74) is 1.00. The Hall–Kier alpha value is -1.79. The van der Waals surface area contributed by atoms with E-state index >= 15 is 0 Å². The second-order valence-corrected chi connectivity index (χ2v) is 7.19. The second kappa shape index (κ2) is 7.62. The fraction of sp³-hybridized carbons (Fsp3) is 0.556. The molecule has 6 nitrogen and oxygen atoms in total. The summed E-state index contributed by atoms with van der Waals surface area (Å²) in [6.07, 6.45) is 0.491. The molecular formula is C18H23ClN2O4. The highest BCUT2D eigenvalue weighted by Gasteiger charge is 2.41. The molecule has 2 aliphatic heterocycles. The Kier molecular flexibility index (Phi) is 5.49. The first-order chi connectivity index (χ1) is 12.0. The maximum absolute atomic E-state index is 12.9. The third kappa shape index (κ3) is 3.90. The summed E-state index contributed by atoms with van der Waals surface area (Å²) in [7, 11) is 1.57. The van der Waals surface area contributed by atoms with Gasteiger partial charge >= 0.3 is 6.09 Å². The highest BCUT2D eigenvalue weighted by molar-refractivity contribution is 6.30. The van der Waals surface area contributed by atoms with Crippen LogP contribution in [0, 0.1) is 5.92 Å². The highest BCUT2D eigenvalue weighted by atomic mass is 35.5. The van der Waals surface area contributed by atoms with Crippen molar-refractivity contribution in [2.24, 2.45) is 5.92 Å². The van der Waals surface area contributed by atoms with Gasteiger partial charge in [-0.15, -0.1) is 0 Å². The average molecular weight is 367 g/mol. The van der Waals surface area contributed by atoms with Crippen LogP contribution in [0.15, 0.2) is 24.3 Å².